The fraction of sp³-hybridized carbons (Fsp3) is 0.857. The molecule has 0 aliphatic heterocycles. The smallest absolute Gasteiger partial charge is 0.314 e. The normalized spacial score (nSPS) is 14.4. The van der Waals surface area contributed by atoms with Gasteiger partial charge in [0.2, 0.25) is 10.0 Å². The van der Waals surface area contributed by atoms with Gasteiger partial charge in [-0.2, -0.15) is 18.4 Å². The number of hydrogen-bond donors (Lipinski definition) is 2. The Morgan fingerprint density at radius 1 is 1.38 bits per heavy atom. The molecule has 0 radical (unpaired) electrons. The van der Waals surface area contributed by atoms with Gasteiger partial charge in [-0.15, -0.1) is 0 Å². The number of halogens is 3. The van der Waals surface area contributed by atoms with Crippen LogP contribution in [0.15, 0.2) is 0 Å². The van der Waals surface area contributed by atoms with Crippen LogP contribution in [0, 0.1) is 17.2 Å². The molecule has 0 fully saturated rings. The van der Waals surface area contributed by atoms with Gasteiger partial charge in [-0.25, -0.2) is 13.1 Å². The fourth-order valence-electron chi connectivity index (χ4n) is 0.806. The van der Waals surface area contributed by atoms with E-state index < -0.39 is 28.7 Å². The molecule has 5 nitrogen and oxygen atoms in total. The molecular formula is C7H12F3N3O2S. The van der Waals surface area contributed by atoms with Crippen LogP contribution in [0.3, 0.4) is 0 Å². The van der Waals surface area contributed by atoms with Gasteiger partial charge in [0.1, 0.15) is 0 Å². The molecule has 0 aliphatic carbocycles. The zero-order chi connectivity index (χ0) is 12.8. The summed E-state index contributed by atoms with van der Waals surface area (Å²) in [5.74, 6) is -2.08. The summed E-state index contributed by atoms with van der Waals surface area (Å²) >= 11 is 0. The van der Waals surface area contributed by atoms with Gasteiger partial charge in [0.15, 0.2) is 5.92 Å². The van der Waals surface area contributed by atoms with Crippen molar-refractivity contribution < 1.29 is 21.6 Å². The van der Waals surface area contributed by atoms with E-state index in [1.165, 1.54) is 0 Å². The Bertz CT molecular complexity index is 347. The Hall–Kier alpha value is -0.850. The van der Waals surface area contributed by atoms with E-state index in [2.05, 4.69) is 10.0 Å². The maximum absolute atomic E-state index is 12.0. The minimum atomic E-state index is -4.56. The summed E-state index contributed by atoms with van der Waals surface area (Å²) < 4.78 is 59.4. The Morgan fingerprint density at radius 3 is 2.31 bits per heavy atom. The second-order valence-corrected chi connectivity index (χ2v) is 4.93. The molecule has 9 heteroatoms. The molecule has 1 atom stereocenters. The minimum absolute atomic E-state index is 0.0190. The van der Waals surface area contributed by atoms with Crippen LogP contribution in [0.5, 0.6) is 0 Å². The highest BCUT2D eigenvalue weighted by Gasteiger charge is 2.39. The molecule has 0 aromatic carbocycles. The monoisotopic (exact) mass is 259 g/mol. The Labute approximate surface area is 91.7 Å². The van der Waals surface area contributed by atoms with Gasteiger partial charge >= 0.3 is 6.18 Å². The Kier molecular flexibility index (Phi) is 5.71. The average molecular weight is 259 g/mol. The van der Waals surface area contributed by atoms with Crippen molar-refractivity contribution in [3.8, 4) is 6.07 Å². The van der Waals surface area contributed by atoms with Crippen LogP contribution in [0.1, 0.15) is 0 Å². The summed E-state index contributed by atoms with van der Waals surface area (Å²) in [5, 5.41) is 10.6. The second kappa shape index (κ2) is 6.03. The lowest BCUT2D eigenvalue weighted by molar-refractivity contribution is -0.157. The summed E-state index contributed by atoms with van der Waals surface area (Å²) in [5.41, 5.74) is 0. The zero-order valence-corrected chi connectivity index (χ0v) is 9.32. The van der Waals surface area contributed by atoms with E-state index >= 15 is 0 Å². The molecule has 0 aromatic rings. The van der Waals surface area contributed by atoms with Crippen LogP contribution < -0.4 is 10.0 Å². The third-order valence-electron chi connectivity index (χ3n) is 1.57. The van der Waals surface area contributed by atoms with Crippen molar-refractivity contribution in [2.45, 2.75) is 6.18 Å². The first kappa shape index (κ1) is 15.2. The van der Waals surface area contributed by atoms with Crippen LogP contribution in [0.4, 0.5) is 13.2 Å². The van der Waals surface area contributed by atoms with Gasteiger partial charge in [-0.3, -0.25) is 0 Å². The molecule has 2 N–H and O–H groups in total. The Morgan fingerprint density at radius 2 is 1.94 bits per heavy atom. The van der Waals surface area contributed by atoms with Gasteiger partial charge in [-0.05, 0) is 0 Å². The van der Waals surface area contributed by atoms with Crippen LogP contribution in [0.25, 0.3) is 0 Å². The number of sulfonamides is 1. The van der Waals surface area contributed by atoms with Crippen LogP contribution in [-0.4, -0.2) is 40.5 Å². The van der Waals surface area contributed by atoms with E-state index in [9.17, 15) is 21.6 Å². The van der Waals surface area contributed by atoms with Crippen LogP contribution in [-0.2, 0) is 10.0 Å². The van der Waals surface area contributed by atoms with Crippen molar-refractivity contribution in [1.29, 1.82) is 5.26 Å². The first-order valence-electron chi connectivity index (χ1n) is 4.28. The summed E-state index contributed by atoms with van der Waals surface area (Å²) in [4.78, 5) is 0. The van der Waals surface area contributed by atoms with Crippen molar-refractivity contribution >= 4 is 10.0 Å². The topological polar surface area (TPSA) is 82.0 Å². The summed E-state index contributed by atoms with van der Waals surface area (Å²) in [6.45, 7) is -0.540. The molecule has 0 saturated heterocycles. The molecule has 94 valence electrons. The molecule has 1 unspecified atom stereocenters. The highest BCUT2D eigenvalue weighted by molar-refractivity contribution is 7.88. The lowest BCUT2D eigenvalue weighted by Gasteiger charge is -2.13. The zero-order valence-electron chi connectivity index (χ0n) is 8.50. The highest BCUT2D eigenvalue weighted by Crippen LogP contribution is 2.24. The first-order valence-corrected chi connectivity index (χ1v) is 6.17. The van der Waals surface area contributed by atoms with Crippen LogP contribution in [0.2, 0.25) is 0 Å². The van der Waals surface area contributed by atoms with Gasteiger partial charge < -0.3 is 5.32 Å². The van der Waals surface area contributed by atoms with Crippen molar-refractivity contribution in [3.63, 3.8) is 0 Å². The largest absolute Gasteiger partial charge is 0.405 e. The number of nitriles is 1. The number of nitrogens with one attached hydrogen (secondary N) is 2. The van der Waals surface area contributed by atoms with E-state index in [-0.39, 0.29) is 13.1 Å². The van der Waals surface area contributed by atoms with Crippen molar-refractivity contribution in [1.82, 2.24) is 10.0 Å². The fourth-order valence-corrected chi connectivity index (χ4v) is 1.28. The second-order valence-electron chi connectivity index (χ2n) is 3.09. The third-order valence-corrected chi connectivity index (χ3v) is 2.29. The average Bonchev–Trinajstić information content (AvgIpc) is 2.07. The lowest BCUT2D eigenvalue weighted by Crippen LogP contribution is -2.37. The Balaban J connectivity index is 3.79. The van der Waals surface area contributed by atoms with Crippen molar-refractivity contribution in [2.75, 3.05) is 25.9 Å². The van der Waals surface area contributed by atoms with Gasteiger partial charge in [0, 0.05) is 19.6 Å². The standard InChI is InChI=1S/C7H12F3N3O2S/c1-16(14,15)13-3-2-12-5-6(4-11)7(8,9)10/h6,12-13H,2-3,5H2,1H3. The van der Waals surface area contributed by atoms with Crippen molar-refractivity contribution in [3.05, 3.63) is 0 Å². The van der Waals surface area contributed by atoms with E-state index in [1.54, 1.807) is 0 Å². The first-order chi connectivity index (χ1) is 7.17. The van der Waals surface area contributed by atoms with Crippen LogP contribution >= 0.6 is 0 Å². The van der Waals surface area contributed by atoms with Gasteiger partial charge in [0.25, 0.3) is 0 Å². The summed E-state index contributed by atoms with van der Waals surface area (Å²) in [6.07, 6.45) is -3.62. The summed E-state index contributed by atoms with van der Waals surface area (Å²) in [6, 6.07) is 1.12. The predicted octanol–water partition coefficient (Wildman–Crippen LogP) is -0.173. The SMILES string of the molecule is CS(=O)(=O)NCCNCC(C#N)C(F)(F)F. The number of rotatable bonds is 6. The van der Waals surface area contributed by atoms with Gasteiger partial charge in [-0.1, -0.05) is 0 Å². The maximum atomic E-state index is 12.0. The molecule has 0 saturated carbocycles. The molecule has 0 bridgehead atoms. The highest BCUT2D eigenvalue weighted by atomic mass is 32.2. The molecular weight excluding hydrogens is 247 g/mol. The molecule has 0 heterocycles. The molecule has 0 spiro atoms. The number of nitrogens with zero attached hydrogens (tertiary/aromatic N) is 1. The van der Waals surface area contributed by atoms with E-state index in [4.69, 9.17) is 5.26 Å². The summed E-state index contributed by atoms with van der Waals surface area (Å²) in [7, 11) is -3.34. The molecule has 0 aromatic heterocycles. The molecule has 0 amide bonds. The molecule has 0 rings (SSSR count). The van der Waals surface area contributed by atoms with Gasteiger partial charge in [0.05, 0.1) is 12.3 Å². The molecule has 0 aliphatic rings. The van der Waals surface area contributed by atoms with E-state index in [1.807, 2.05) is 0 Å². The maximum Gasteiger partial charge on any atom is 0.405 e. The van der Waals surface area contributed by atoms with Crippen molar-refractivity contribution in [2.24, 2.45) is 5.92 Å². The lowest BCUT2D eigenvalue weighted by atomic mass is 10.1. The predicted molar refractivity (Wildman–Crippen MR) is 50.9 cm³/mol. The minimum Gasteiger partial charge on any atom is -0.314 e. The number of alkyl halides is 3. The van der Waals surface area contributed by atoms with E-state index in [0.29, 0.717) is 0 Å². The molecule has 16 heavy (non-hydrogen) atoms. The number of hydrogen-bond acceptors (Lipinski definition) is 4. The quantitative estimate of drug-likeness (QED) is 0.649. The third kappa shape index (κ3) is 7.44. The van der Waals surface area contributed by atoms with E-state index in [0.717, 1.165) is 12.3 Å².